The lowest BCUT2D eigenvalue weighted by Gasteiger charge is -2.30. The summed E-state index contributed by atoms with van der Waals surface area (Å²) in [5.41, 5.74) is 0.497. The van der Waals surface area contributed by atoms with Gasteiger partial charge in [-0.05, 0) is 50.7 Å². The van der Waals surface area contributed by atoms with Gasteiger partial charge in [0, 0.05) is 32.2 Å². The number of fused-ring (bicyclic) bond motifs is 1. The zero-order valence-electron chi connectivity index (χ0n) is 19.6. The summed E-state index contributed by atoms with van der Waals surface area (Å²) < 4.78 is 39.1. The molecule has 3 heterocycles. The molecule has 4 rings (SSSR count). The van der Waals surface area contributed by atoms with Crippen molar-refractivity contribution < 1.29 is 27.2 Å². The highest BCUT2D eigenvalue weighted by molar-refractivity contribution is 7.89. The number of esters is 1. The minimum atomic E-state index is -3.69. The molecule has 0 radical (unpaired) electrons. The van der Waals surface area contributed by atoms with E-state index in [4.69, 9.17) is 9.15 Å². The topological polar surface area (TPSA) is 119 Å². The average Bonchev–Trinajstić information content (AvgIpc) is 3.13. The molecule has 0 N–H and O–H groups in total. The average molecular weight is 494 g/mol. The van der Waals surface area contributed by atoms with Gasteiger partial charge in [0.25, 0.3) is 0 Å². The molecule has 1 amide bonds. The summed E-state index contributed by atoms with van der Waals surface area (Å²) in [5.74, 6) is -0.937. The third-order valence-corrected chi connectivity index (χ3v) is 8.68. The van der Waals surface area contributed by atoms with Crippen LogP contribution in [0.15, 0.2) is 32.3 Å². The van der Waals surface area contributed by atoms with Crippen LogP contribution in [-0.4, -0.2) is 66.9 Å². The molecular formula is C23H31N3O7S. The molecular weight excluding hydrogens is 462 g/mol. The van der Waals surface area contributed by atoms with Gasteiger partial charge in [0.2, 0.25) is 15.9 Å². The van der Waals surface area contributed by atoms with E-state index < -0.39 is 15.8 Å². The van der Waals surface area contributed by atoms with Crippen LogP contribution in [0, 0.1) is 11.8 Å². The Morgan fingerprint density at radius 2 is 1.76 bits per heavy atom. The first-order valence-electron chi connectivity index (χ1n) is 11.8. The van der Waals surface area contributed by atoms with Crippen LogP contribution in [0.25, 0.3) is 11.1 Å². The third-order valence-electron chi connectivity index (χ3n) is 6.78. The Labute approximate surface area is 198 Å². The van der Waals surface area contributed by atoms with Gasteiger partial charge in [0.15, 0.2) is 5.58 Å². The zero-order valence-corrected chi connectivity index (χ0v) is 20.4. The maximum atomic E-state index is 13.0. The molecule has 2 aliphatic rings. The van der Waals surface area contributed by atoms with Crippen LogP contribution in [0.3, 0.4) is 0 Å². The smallest absolute Gasteiger partial charge is 0.420 e. The summed E-state index contributed by atoms with van der Waals surface area (Å²) >= 11 is 0. The van der Waals surface area contributed by atoms with Crippen LogP contribution >= 0.6 is 0 Å². The first-order valence-corrected chi connectivity index (χ1v) is 13.2. The predicted molar refractivity (Wildman–Crippen MR) is 124 cm³/mol. The number of ether oxygens (including phenoxy) is 1. The normalized spacial score (nSPS) is 18.9. The molecule has 2 aromatic rings. The number of likely N-dealkylation sites (tertiary alicyclic amines) is 1. The fourth-order valence-corrected chi connectivity index (χ4v) is 6.08. The first-order chi connectivity index (χ1) is 16.2. The van der Waals surface area contributed by atoms with Crippen molar-refractivity contribution in [3.05, 3.63) is 28.7 Å². The maximum Gasteiger partial charge on any atom is 0.420 e. The number of oxazole rings is 1. The minimum absolute atomic E-state index is 0.0721. The first kappa shape index (κ1) is 24.5. The molecule has 34 heavy (non-hydrogen) atoms. The highest BCUT2D eigenvalue weighted by Crippen LogP contribution is 2.26. The van der Waals surface area contributed by atoms with Crippen LogP contribution in [0.5, 0.6) is 0 Å². The number of benzene rings is 1. The number of carbonyl (C=O) groups excluding carboxylic acids is 2. The molecule has 0 saturated carbocycles. The van der Waals surface area contributed by atoms with Crippen molar-refractivity contribution in [1.29, 1.82) is 0 Å². The second-order valence-electron chi connectivity index (χ2n) is 9.08. The number of aromatic nitrogens is 1. The van der Waals surface area contributed by atoms with Crippen molar-refractivity contribution >= 4 is 33.0 Å². The van der Waals surface area contributed by atoms with Gasteiger partial charge in [-0.2, -0.15) is 4.31 Å². The number of piperidine rings is 2. The quantitative estimate of drug-likeness (QED) is 0.563. The van der Waals surface area contributed by atoms with Gasteiger partial charge in [-0.3, -0.25) is 14.2 Å². The van der Waals surface area contributed by atoms with Crippen LogP contribution in [0.4, 0.5) is 0 Å². The molecule has 1 aromatic heterocycles. The Kier molecular flexibility index (Phi) is 7.13. The highest BCUT2D eigenvalue weighted by Gasteiger charge is 2.30. The fraction of sp³-hybridized carbons (Fsp3) is 0.609. The Bertz CT molecular complexity index is 1220. The SMILES string of the molecule is CCOC(=O)C1CCN(C(=O)Cn2c(=O)oc3cc(S(=O)(=O)N4CCC(C)CC4)ccc32)CC1. The lowest BCUT2D eigenvalue weighted by Crippen LogP contribution is -2.42. The summed E-state index contributed by atoms with van der Waals surface area (Å²) in [5, 5.41) is 0. The van der Waals surface area contributed by atoms with Crippen LogP contribution in [-0.2, 0) is 30.9 Å². The van der Waals surface area contributed by atoms with E-state index in [0.29, 0.717) is 57.1 Å². The molecule has 0 atom stereocenters. The van der Waals surface area contributed by atoms with Crippen molar-refractivity contribution in [2.24, 2.45) is 11.8 Å². The molecule has 0 spiro atoms. The van der Waals surface area contributed by atoms with E-state index in [0.717, 1.165) is 12.8 Å². The molecule has 2 saturated heterocycles. The van der Waals surface area contributed by atoms with Gasteiger partial charge in [-0.15, -0.1) is 0 Å². The molecule has 0 aliphatic carbocycles. The molecule has 0 unspecified atom stereocenters. The van der Waals surface area contributed by atoms with Crippen LogP contribution < -0.4 is 5.76 Å². The highest BCUT2D eigenvalue weighted by atomic mass is 32.2. The minimum Gasteiger partial charge on any atom is -0.466 e. The molecule has 2 aliphatic heterocycles. The predicted octanol–water partition coefficient (Wildman–Crippen LogP) is 1.82. The van der Waals surface area contributed by atoms with Gasteiger partial charge in [0.05, 0.1) is 22.9 Å². The van der Waals surface area contributed by atoms with Crippen LogP contribution in [0.2, 0.25) is 0 Å². The van der Waals surface area contributed by atoms with E-state index in [9.17, 15) is 22.8 Å². The Morgan fingerprint density at radius 3 is 2.41 bits per heavy atom. The summed E-state index contributed by atoms with van der Waals surface area (Å²) in [6, 6.07) is 4.33. The number of hydrogen-bond acceptors (Lipinski definition) is 7. The van der Waals surface area contributed by atoms with E-state index in [1.807, 2.05) is 0 Å². The number of hydrogen-bond donors (Lipinski definition) is 0. The van der Waals surface area contributed by atoms with Crippen molar-refractivity contribution in [3.8, 4) is 0 Å². The fourth-order valence-electron chi connectivity index (χ4n) is 4.59. The van der Waals surface area contributed by atoms with E-state index >= 15 is 0 Å². The van der Waals surface area contributed by atoms with E-state index in [1.165, 1.54) is 27.1 Å². The van der Waals surface area contributed by atoms with E-state index in [-0.39, 0.29) is 34.8 Å². The number of amides is 1. The number of sulfonamides is 1. The van der Waals surface area contributed by atoms with Gasteiger partial charge in [-0.25, -0.2) is 13.2 Å². The molecule has 1 aromatic carbocycles. The second kappa shape index (κ2) is 9.91. The van der Waals surface area contributed by atoms with E-state index in [2.05, 4.69) is 6.92 Å². The largest absolute Gasteiger partial charge is 0.466 e. The van der Waals surface area contributed by atoms with Gasteiger partial charge >= 0.3 is 11.7 Å². The Hall–Kier alpha value is -2.66. The van der Waals surface area contributed by atoms with Gasteiger partial charge < -0.3 is 14.1 Å². The number of rotatable bonds is 6. The maximum absolute atomic E-state index is 13.0. The zero-order chi connectivity index (χ0) is 24.5. The number of carbonyl (C=O) groups is 2. The monoisotopic (exact) mass is 493 g/mol. The summed E-state index contributed by atoms with van der Waals surface area (Å²) in [4.78, 5) is 38.9. The standard InChI is InChI=1S/C23H31N3O7S/c1-3-32-22(28)17-8-10-24(11-9-17)21(27)15-26-19-5-4-18(14-20(19)33-23(26)29)34(30,31)25-12-6-16(2)7-13-25/h4-5,14,16-17H,3,6-13,15H2,1-2H3. The molecule has 0 bridgehead atoms. The van der Waals surface area contributed by atoms with Crippen molar-refractivity contribution in [3.63, 3.8) is 0 Å². The summed E-state index contributed by atoms with van der Waals surface area (Å²) in [6.45, 7) is 5.73. The summed E-state index contributed by atoms with van der Waals surface area (Å²) in [6.07, 6.45) is 2.66. The molecule has 10 nitrogen and oxygen atoms in total. The van der Waals surface area contributed by atoms with Crippen molar-refractivity contribution in [1.82, 2.24) is 13.8 Å². The Morgan fingerprint density at radius 1 is 1.09 bits per heavy atom. The lowest BCUT2D eigenvalue weighted by molar-refractivity contribution is -0.151. The molecule has 11 heteroatoms. The number of nitrogens with zero attached hydrogens (tertiary/aromatic N) is 3. The Balaban J connectivity index is 1.47. The lowest BCUT2D eigenvalue weighted by atomic mass is 9.97. The van der Waals surface area contributed by atoms with Crippen LogP contribution in [0.1, 0.15) is 39.5 Å². The second-order valence-corrected chi connectivity index (χ2v) is 11.0. The molecule has 186 valence electrons. The van der Waals surface area contributed by atoms with Crippen molar-refractivity contribution in [2.75, 3.05) is 32.8 Å². The van der Waals surface area contributed by atoms with E-state index in [1.54, 1.807) is 11.8 Å². The summed E-state index contributed by atoms with van der Waals surface area (Å²) in [7, 11) is -3.69. The van der Waals surface area contributed by atoms with Gasteiger partial charge in [0.1, 0.15) is 6.54 Å². The molecule has 2 fully saturated rings. The third kappa shape index (κ3) is 4.90. The van der Waals surface area contributed by atoms with Crippen molar-refractivity contribution in [2.45, 2.75) is 51.0 Å². The van der Waals surface area contributed by atoms with Gasteiger partial charge in [-0.1, -0.05) is 6.92 Å².